The maximum Gasteiger partial charge on any atom is 0.415 e. The third kappa shape index (κ3) is 4.80. The van der Waals surface area contributed by atoms with Crippen LogP contribution in [0.4, 0.5) is 16.6 Å². The molecule has 190 valence electrons. The number of aromatic nitrogens is 2. The normalized spacial score (nSPS) is 19.3. The van der Waals surface area contributed by atoms with E-state index < -0.39 is 0 Å². The molecule has 0 aliphatic carbocycles. The van der Waals surface area contributed by atoms with Gasteiger partial charge in [0.2, 0.25) is 11.9 Å². The number of anilines is 2. The van der Waals surface area contributed by atoms with Crippen molar-refractivity contribution in [1.82, 2.24) is 19.8 Å². The molecule has 9 nitrogen and oxygen atoms in total. The molecule has 0 radical (unpaired) electrons. The molecule has 1 N–H and O–H groups in total. The van der Waals surface area contributed by atoms with Crippen molar-refractivity contribution in [3.8, 4) is 0 Å². The number of likely N-dealkylation sites (tertiary alicyclic amines) is 2. The number of benzene rings is 1. The number of ether oxygens (including phenoxy) is 1. The molecule has 2 saturated heterocycles. The van der Waals surface area contributed by atoms with Crippen LogP contribution in [0.3, 0.4) is 0 Å². The summed E-state index contributed by atoms with van der Waals surface area (Å²) in [7, 11) is 0. The molecule has 3 aliphatic rings. The van der Waals surface area contributed by atoms with Crippen molar-refractivity contribution >= 4 is 23.8 Å². The minimum absolute atomic E-state index is 0.00169. The molecule has 0 bridgehead atoms. The predicted molar refractivity (Wildman–Crippen MR) is 137 cm³/mol. The zero-order chi connectivity index (χ0) is 25.4. The van der Waals surface area contributed by atoms with Crippen molar-refractivity contribution in [1.29, 1.82) is 0 Å². The lowest BCUT2D eigenvalue weighted by molar-refractivity contribution is -0.154. The van der Waals surface area contributed by atoms with Gasteiger partial charge in [-0.3, -0.25) is 14.6 Å². The number of nitrogens with one attached hydrogen (secondary N) is 1. The fourth-order valence-corrected chi connectivity index (χ4v) is 5.34. The Kier molecular flexibility index (Phi) is 6.42. The first-order valence-corrected chi connectivity index (χ1v) is 12.5. The van der Waals surface area contributed by atoms with E-state index in [-0.39, 0.29) is 30.1 Å². The van der Waals surface area contributed by atoms with Crippen molar-refractivity contribution in [3.63, 3.8) is 0 Å². The van der Waals surface area contributed by atoms with Crippen LogP contribution in [0.5, 0.6) is 0 Å². The number of hydrogen-bond acceptors (Lipinski definition) is 7. The van der Waals surface area contributed by atoms with E-state index in [9.17, 15) is 9.59 Å². The molecular formula is C27H34N6O3. The van der Waals surface area contributed by atoms with E-state index in [0.29, 0.717) is 24.2 Å². The molecule has 0 unspecified atom stereocenters. The molecule has 1 aromatic heterocycles. The van der Waals surface area contributed by atoms with E-state index in [1.807, 2.05) is 4.90 Å². The van der Waals surface area contributed by atoms with Gasteiger partial charge in [-0.2, -0.15) is 4.98 Å². The summed E-state index contributed by atoms with van der Waals surface area (Å²) in [5.74, 6) is 1.44. The van der Waals surface area contributed by atoms with Crippen molar-refractivity contribution in [2.24, 2.45) is 11.3 Å². The molecule has 1 spiro atoms. The first-order valence-electron chi connectivity index (χ1n) is 12.5. The van der Waals surface area contributed by atoms with Gasteiger partial charge in [0, 0.05) is 50.9 Å². The number of hydrogen-bond donors (Lipinski definition) is 1. The Balaban J connectivity index is 1.16. The van der Waals surface area contributed by atoms with E-state index in [2.05, 4.69) is 71.8 Å². The van der Waals surface area contributed by atoms with Gasteiger partial charge in [0.25, 0.3) is 0 Å². The fraction of sp³-hybridized carbons (Fsp3) is 0.481. The molecule has 1 atom stereocenters. The third-order valence-electron chi connectivity index (χ3n) is 7.10. The van der Waals surface area contributed by atoms with Gasteiger partial charge in [-0.05, 0) is 30.0 Å². The lowest BCUT2D eigenvalue weighted by atomic mass is 9.72. The molecule has 2 amide bonds. The largest absolute Gasteiger partial charge is 0.444 e. The van der Waals surface area contributed by atoms with E-state index in [0.717, 1.165) is 43.9 Å². The first kappa shape index (κ1) is 24.2. The van der Waals surface area contributed by atoms with E-state index >= 15 is 0 Å². The number of carbonyl (C=O) groups excluding carboxylic acids is 2. The first-order chi connectivity index (χ1) is 17.2. The van der Waals surface area contributed by atoms with Gasteiger partial charge in [0.1, 0.15) is 12.4 Å². The van der Waals surface area contributed by atoms with Crippen molar-refractivity contribution in [2.75, 3.05) is 42.9 Å². The molecule has 2 aromatic rings. The second-order valence-electron chi connectivity index (χ2n) is 10.8. The summed E-state index contributed by atoms with van der Waals surface area (Å²) in [4.78, 5) is 39.0. The summed E-state index contributed by atoms with van der Waals surface area (Å²) in [6.07, 6.45) is 2.77. The summed E-state index contributed by atoms with van der Waals surface area (Å²) in [5.41, 5.74) is 3.50. The third-order valence-corrected chi connectivity index (χ3v) is 7.10. The summed E-state index contributed by atoms with van der Waals surface area (Å²) >= 11 is 0. The Morgan fingerprint density at radius 3 is 2.58 bits per heavy atom. The van der Waals surface area contributed by atoms with Crippen molar-refractivity contribution < 1.29 is 14.3 Å². The Hall–Kier alpha value is -3.46. The zero-order valence-electron chi connectivity index (χ0n) is 21.2. The zero-order valence-corrected chi connectivity index (χ0v) is 21.2. The molecule has 5 rings (SSSR count). The summed E-state index contributed by atoms with van der Waals surface area (Å²) < 4.78 is 5.26. The van der Waals surface area contributed by atoms with Gasteiger partial charge >= 0.3 is 6.09 Å². The molecular weight excluding hydrogens is 456 g/mol. The van der Waals surface area contributed by atoms with Gasteiger partial charge in [-0.25, -0.2) is 9.78 Å². The molecule has 3 aliphatic heterocycles. The van der Waals surface area contributed by atoms with Crippen LogP contribution in [0.25, 0.3) is 0 Å². The van der Waals surface area contributed by atoms with Gasteiger partial charge < -0.3 is 15.0 Å². The summed E-state index contributed by atoms with van der Waals surface area (Å²) in [6.45, 7) is 15.2. The van der Waals surface area contributed by atoms with Gasteiger partial charge in [0.05, 0.1) is 11.6 Å². The van der Waals surface area contributed by atoms with Crippen LogP contribution in [0.1, 0.15) is 43.5 Å². The monoisotopic (exact) mass is 490 g/mol. The van der Waals surface area contributed by atoms with Gasteiger partial charge in [-0.1, -0.05) is 44.7 Å². The quantitative estimate of drug-likeness (QED) is 0.566. The number of nitrogens with zero attached hydrogens (tertiary/aromatic N) is 5. The Morgan fingerprint density at radius 1 is 1.19 bits per heavy atom. The summed E-state index contributed by atoms with van der Waals surface area (Å²) in [5, 5.41) is 3.37. The molecule has 0 saturated carbocycles. The van der Waals surface area contributed by atoms with Crippen molar-refractivity contribution in [2.45, 2.75) is 40.0 Å². The molecule has 2 fully saturated rings. The topological polar surface area (TPSA) is 90.9 Å². The highest BCUT2D eigenvalue weighted by atomic mass is 16.6. The van der Waals surface area contributed by atoms with Crippen LogP contribution < -0.4 is 10.2 Å². The van der Waals surface area contributed by atoms with E-state index in [1.54, 1.807) is 11.1 Å². The maximum absolute atomic E-state index is 12.3. The molecule has 4 heterocycles. The molecule has 9 heteroatoms. The van der Waals surface area contributed by atoms with Crippen LogP contribution >= 0.6 is 0 Å². The Labute approximate surface area is 212 Å². The Bertz CT molecular complexity index is 1150. The van der Waals surface area contributed by atoms with Crippen molar-refractivity contribution in [3.05, 3.63) is 59.8 Å². The van der Waals surface area contributed by atoms with Crippen LogP contribution in [-0.2, 0) is 22.7 Å². The number of carbonyl (C=O) groups is 2. The minimum Gasteiger partial charge on any atom is -0.444 e. The Morgan fingerprint density at radius 2 is 1.92 bits per heavy atom. The highest BCUT2D eigenvalue weighted by Crippen LogP contribution is 2.40. The highest BCUT2D eigenvalue weighted by molar-refractivity contribution is 5.89. The minimum atomic E-state index is -0.363. The molecule has 1 aromatic carbocycles. The smallest absolute Gasteiger partial charge is 0.415 e. The van der Waals surface area contributed by atoms with Crippen LogP contribution in [-0.4, -0.2) is 64.5 Å². The number of fused-ring (bicyclic) bond motifs is 1. The van der Waals surface area contributed by atoms with Gasteiger partial charge in [-0.15, -0.1) is 0 Å². The van der Waals surface area contributed by atoms with Gasteiger partial charge in [0.15, 0.2) is 0 Å². The number of amides is 2. The average Bonchev–Trinajstić information content (AvgIpc) is 2.81. The van der Waals surface area contributed by atoms with Crippen LogP contribution in [0, 0.1) is 11.3 Å². The second-order valence-corrected chi connectivity index (χ2v) is 10.8. The average molecular weight is 491 g/mol. The predicted octanol–water partition coefficient (Wildman–Crippen LogP) is 3.59. The fourth-order valence-electron chi connectivity index (χ4n) is 5.34. The maximum atomic E-state index is 12.3. The van der Waals surface area contributed by atoms with E-state index in [4.69, 9.17) is 4.74 Å². The highest BCUT2D eigenvalue weighted by Gasteiger charge is 2.52. The van der Waals surface area contributed by atoms with Crippen LogP contribution in [0.2, 0.25) is 0 Å². The summed E-state index contributed by atoms with van der Waals surface area (Å²) in [6, 6.07) is 8.61. The number of rotatable bonds is 8. The lowest BCUT2D eigenvalue weighted by Gasteiger charge is -2.60. The lowest BCUT2D eigenvalue weighted by Crippen LogP contribution is -2.72. The standard InChI is InChI=1S/C27H34N6O3/c1-5-23(34)32-16-27(17-32)14-31(15-27)12-20-6-8-21(9-7-20)19(4)29-25-28-10-22-13-36-26(35)33(11-18(2)3)24(22)30-25/h5-10,18-19H,1,11-17H2,2-4H3,(H,28,29,30)/t19-/m0/s1. The molecule has 36 heavy (non-hydrogen) atoms. The van der Waals surface area contributed by atoms with Crippen LogP contribution in [0.15, 0.2) is 43.1 Å². The van der Waals surface area contributed by atoms with E-state index in [1.165, 1.54) is 11.6 Å². The SMILES string of the molecule is C=CC(=O)N1CC2(CN(Cc3ccc([C@H](C)Nc4ncc5c(n4)N(CC(C)C)C(=O)OC5)cc3)C2)C1. The number of cyclic esters (lactones) is 1. The second kappa shape index (κ2) is 9.54.